The maximum Gasteiger partial charge on any atom is 0.218 e. The summed E-state index contributed by atoms with van der Waals surface area (Å²) >= 11 is 0. The molecule has 0 amide bonds. The highest BCUT2D eigenvalue weighted by molar-refractivity contribution is 5.38. The lowest BCUT2D eigenvalue weighted by Gasteiger charge is -2.08. The van der Waals surface area contributed by atoms with Gasteiger partial charge in [0.15, 0.2) is 0 Å². The molecule has 1 aromatic heterocycles. The van der Waals surface area contributed by atoms with Crippen molar-refractivity contribution in [2.45, 2.75) is 6.92 Å². The molecule has 0 unspecified atom stereocenters. The van der Waals surface area contributed by atoms with E-state index in [-0.39, 0.29) is 0 Å². The SMILES string of the molecule is C=CCNc1cc(OCCOC)nc(C)n1. The summed E-state index contributed by atoms with van der Waals surface area (Å²) in [6.45, 7) is 7.13. The van der Waals surface area contributed by atoms with E-state index in [0.29, 0.717) is 31.5 Å². The molecule has 0 bridgehead atoms. The molecule has 0 aliphatic heterocycles. The fourth-order valence-corrected chi connectivity index (χ4v) is 1.11. The average Bonchev–Trinajstić information content (AvgIpc) is 2.26. The molecular weight excluding hydrogens is 206 g/mol. The van der Waals surface area contributed by atoms with E-state index in [1.54, 1.807) is 19.3 Å². The number of nitrogens with zero attached hydrogens (tertiary/aromatic N) is 2. The normalized spacial score (nSPS) is 9.88. The van der Waals surface area contributed by atoms with Crippen LogP contribution in [0.4, 0.5) is 5.82 Å². The fourth-order valence-electron chi connectivity index (χ4n) is 1.11. The first-order chi connectivity index (χ1) is 7.76. The van der Waals surface area contributed by atoms with Gasteiger partial charge in [-0.15, -0.1) is 6.58 Å². The van der Waals surface area contributed by atoms with E-state index >= 15 is 0 Å². The predicted octanol–water partition coefficient (Wildman–Crippen LogP) is 1.41. The maximum atomic E-state index is 5.41. The van der Waals surface area contributed by atoms with Crippen molar-refractivity contribution in [2.24, 2.45) is 0 Å². The van der Waals surface area contributed by atoms with Crippen LogP contribution in [0, 0.1) is 6.92 Å². The van der Waals surface area contributed by atoms with Crippen LogP contribution in [0.25, 0.3) is 0 Å². The number of rotatable bonds is 7. The number of aromatic nitrogens is 2. The molecule has 0 saturated carbocycles. The fraction of sp³-hybridized carbons (Fsp3) is 0.455. The van der Waals surface area contributed by atoms with Crippen LogP contribution in [0.2, 0.25) is 0 Å². The van der Waals surface area contributed by atoms with E-state index in [0.717, 1.165) is 5.82 Å². The van der Waals surface area contributed by atoms with Crippen molar-refractivity contribution in [2.75, 3.05) is 32.2 Å². The van der Waals surface area contributed by atoms with Crippen molar-refractivity contribution >= 4 is 5.82 Å². The zero-order chi connectivity index (χ0) is 11.8. The van der Waals surface area contributed by atoms with Crippen LogP contribution in [0.1, 0.15) is 5.82 Å². The van der Waals surface area contributed by atoms with Crippen molar-refractivity contribution in [3.63, 3.8) is 0 Å². The number of aryl methyl sites for hydroxylation is 1. The van der Waals surface area contributed by atoms with Gasteiger partial charge in [-0.2, -0.15) is 4.98 Å². The lowest BCUT2D eigenvalue weighted by Crippen LogP contribution is -2.08. The highest BCUT2D eigenvalue weighted by Gasteiger charge is 2.01. The van der Waals surface area contributed by atoms with Crippen LogP contribution in [0.3, 0.4) is 0 Å². The third-order valence-electron chi connectivity index (χ3n) is 1.78. The summed E-state index contributed by atoms with van der Waals surface area (Å²) in [7, 11) is 1.63. The number of methoxy groups -OCH3 is 1. The molecule has 0 radical (unpaired) electrons. The summed E-state index contributed by atoms with van der Waals surface area (Å²) in [6.07, 6.45) is 1.77. The van der Waals surface area contributed by atoms with Crippen molar-refractivity contribution < 1.29 is 9.47 Å². The Morgan fingerprint density at radius 2 is 2.25 bits per heavy atom. The molecule has 5 heteroatoms. The minimum Gasteiger partial charge on any atom is -0.475 e. The smallest absolute Gasteiger partial charge is 0.218 e. The molecule has 0 saturated heterocycles. The third kappa shape index (κ3) is 4.27. The molecular formula is C11H17N3O2. The van der Waals surface area contributed by atoms with Gasteiger partial charge in [0, 0.05) is 19.7 Å². The first kappa shape index (κ1) is 12.4. The lowest BCUT2D eigenvalue weighted by atomic mass is 10.5. The zero-order valence-electron chi connectivity index (χ0n) is 9.69. The van der Waals surface area contributed by atoms with Gasteiger partial charge in [-0.25, -0.2) is 4.98 Å². The Balaban J connectivity index is 2.61. The number of hydrogen-bond acceptors (Lipinski definition) is 5. The number of nitrogens with one attached hydrogen (secondary N) is 1. The van der Waals surface area contributed by atoms with E-state index in [2.05, 4.69) is 21.9 Å². The quantitative estimate of drug-likeness (QED) is 0.559. The first-order valence-electron chi connectivity index (χ1n) is 5.08. The van der Waals surface area contributed by atoms with Crippen LogP contribution in [0.15, 0.2) is 18.7 Å². The second kappa shape index (κ2) is 6.79. The molecule has 16 heavy (non-hydrogen) atoms. The largest absolute Gasteiger partial charge is 0.475 e. The highest BCUT2D eigenvalue weighted by atomic mass is 16.5. The Morgan fingerprint density at radius 1 is 1.44 bits per heavy atom. The molecule has 0 fully saturated rings. The lowest BCUT2D eigenvalue weighted by molar-refractivity contribution is 0.143. The highest BCUT2D eigenvalue weighted by Crippen LogP contribution is 2.12. The van der Waals surface area contributed by atoms with Crippen LogP contribution in [-0.4, -0.2) is 36.8 Å². The van der Waals surface area contributed by atoms with Gasteiger partial charge in [-0.3, -0.25) is 0 Å². The molecule has 0 aliphatic carbocycles. The van der Waals surface area contributed by atoms with Gasteiger partial charge in [-0.05, 0) is 6.92 Å². The Hall–Kier alpha value is -1.62. The van der Waals surface area contributed by atoms with Gasteiger partial charge >= 0.3 is 0 Å². The van der Waals surface area contributed by atoms with E-state index in [9.17, 15) is 0 Å². The average molecular weight is 223 g/mol. The molecule has 88 valence electrons. The molecule has 0 aliphatic rings. The summed E-state index contributed by atoms with van der Waals surface area (Å²) < 4.78 is 10.3. The van der Waals surface area contributed by atoms with Gasteiger partial charge in [0.2, 0.25) is 5.88 Å². The topological polar surface area (TPSA) is 56.3 Å². The monoisotopic (exact) mass is 223 g/mol. The molecule has 0 aromatic carbocycles. The van der Waals surface area contributed by atoms with Crippen LogP contribution < -0.4 is 10.1 Å². The molecule has 1 N–H and O–H groups in total. The van der Waals surface area contributed by atoms with Crippen molar-refractivity contribution in [1.29, 1.82) is 0 Å². The molecule has 1 rings (SSSR count). The van der Waals surface area contributed by atoms with Crippen LogP contribution in [0.5, 0.6) is 5.88 Å². The minimum absolute atomic E-state index is 0.480. The zero-order valence-corrected chi connectivity index (χ0v) is 9.69. The van der Waals surface area contributed by atoms with E-state index in [1.807, 2.05) is 6.92 Å². The van der Waals surface area contributed by atoms with Crippen molar-refractivity contribution in [3.05, 3.63) is 24.5 Å². The van der Waals surface area contributed by atoms with E-state index in [4.69, 9.17) is 9.47 Å². The van der Waals surface area contributed by atoms with Gasteiger partial charge < -0.3 is 14.8 Å². The van der Waals surface area contributed by atoms with Crippen molar-refractivity contribution in [1.82, 2.24) is 9.97 Å². The second-order valence-corrected chi connectivity index (χ2v) is 3.15. The minimum atomic E-state index is 0.480. The van der Waals surface area contributed by atoms with E-state index in [1.165, 1.54) is 0 Å². The standard InChI is InChI=1S/C11H17N3O2/c1-4-5-12-10-8-11(14-9(2)13-10)16-7-6-15-3/h4,8H,1,5-7H2,2-3H3,(H,12,13,14). The summed E-state index contributed by atoms with van der Waals surface area (Å²) in [5.41, 5.74) is 0. The molecule has 1 heterocycles. The molecule has 0 atom stereocenters. The number of hydrogen-bond donors (Lipinski definition) is 1. The number of ether oxygens (including phenoxy) is 2. The Kier molecular flexibility index (Phi) is 5.28. The summed E-state index contributed by atoms with van der Waals surface area (Å²) in [5.74, 6) is 1.96. The summed E-state index contributed by atoms with van der Waals surface area (Å²) in [4.78, 5) is 8.38. The molecule has 5 nitrogen and oxygen atoms in total. The molecule has 1 aromatic rings. The Labute approximate surface area is 95.5 Å². The second-order valence-electron chi connectivity index (χ2n) is 3.15. The van der Waals surface area contributed by atoms with Gasteiger partial charge in [0.05, 0.1) is 6.61 Å². The number of anilines is 1. The van der Waals surface area contributed by atoms with Crippen LogP contribution in [-0.2, 0) is 4.74 Å². The van der Waals surface area contributed by atoms with Gasteiger partial charge in [0.25, 0.3) is 0 Å². The maximum absolute atomic E-state index is 5.41. The molecule has 0 spiro atoms. The summed E-state index contributed by atoms with van der Waals surface area (Å²) in [6, 6.07) is 1.76. The first-order valence-corrected chi connectivity index (χ1v) is 5.08. The Morgan fingerprint density at radius 3 is 2.94 bits per heavy atom. The third-order valence-corrected chi connectivity index (χ3v) is 1.78. The predicted molar refractivity (Wildman–Crippen MR) is 62.8 cm³/mol. The van der Waals surface area contributed by atoms with Crippen molar-refractivity contribution in [3.8, 4) is 5.88 Å². The Bertz CT molecular complexity index is 342. The van der Waals surface area contributed by atoms with Gasteiger partial charge in [0.1, 0.15) is 18.2 Å². The van der Waals surface area contributed by atoms with E-state index < -0.39 is 0 Å². The summed E-state index contributed by atoms with van der Waals surface area (Å²) in [5, 5.41) is 3.09. The van der Waals surface area contributed by atoms with Gasteiger partial charge in [-0.1, -0.05) is 6.08 Å². The van der Waals surface area contributed by atoms with Crippen LogP contribution >= 0.6 is 0 Å².